The SMILES string of the molecule is CCCCCC(O)(O)CCCCCCCCCCC(C)C. The predicted molar refractivity (Wildman–Crippen MR) is 92.3 cm³/mol. The highest BCUT2D eigenvalue weighted by Gasteiger charge is 2.20. The van der Waals surface area contributed by atoms with Gasteiger partial charge in [-0.3, -0.25) is 0 Å². The van der Waals surface area contributed by atoms with Gasteiger partial charge < -0.3 is 10.2 Å². The van der Waals surface area contributed by atoms with Gasteiger partial charge in [-0.15, -0.1) is 0 Å². The zero-order valence-electron chi connectivity index (χ0n) is 14.9. The third-order valence-corrected chi connectivity index (χ3v) is 4.29. The van der Waals surface area contributed by atoms with Crippen LogP contribution in [0.25, 0.3) is 0 Å². The van der Waals surface area contributed by atoms with Gasteiger partial charge in [0, 0.05) is 12.8 Å². The number of aliphatic hydroxyl groups is 2. The van der Waals surface area contributed by atoms with Crippen molar-refractivity contribution in [3.05, 3.63) is 0 Å². The quantitative estimate of drug-likeness (QED) is 0.296. The van der Waals surface area contributed by atoms with Crippen LogP contribution in [0.4, 0.5) is 0 Å². The van der Waals surface area contributed by atoms with E-state index in [-0.39, 0.29) is 0 Å². The molecule has 0 atom stereocenters. The Balaban J connectivity index is 3.27. The Morgan fingerprint density at radius 1 is 0.667 bits per heavy atom. The van der Waals surface area contributed by atoms with Gasteiger partial charge in [-0.2, -0.15) is 0 Å². The first-order chi connectivity index (χ1) is 9.98. The van der Waals surface area contributed by atoms with Gasteiger partial charge in [0.15, 0.2) is 5.79 Å². The second kappa shape index (κ2) is 13.6. The van der Waals surface area contributed by atoms with E-state index in [4.69, 9.17) is 0 Å². The number of unbranched alkanes of at least 4 members (excludes halogenated alkanes) is 9. The molecule has 0 unspecified atom stereocenters. The van der Waals surface area contributed by atoms with Gasteiger partial charge >= 0.3 is 0 Å². The molecule has 2 N–H and O–H groups in total. The Hall–Kier alpha value is -0.0800. The maximum atomic E-state index is 9.84. The summed E-state index contributed by atoms with van der Waals surface area (Å²) in [7, 11) is 0. The van der Waals surface area contributed by atoms with Crippen molar-refractivity contribution in [1.82, 2.24) is 0 Å². The van der Waals surface area contributed by atoms with Gasteiger partial charge in [0.25, 0.3) is 0 Å². The molecule has 0 amide bonds. The molecule has 0 aliphatic carbocycles. The normalized spacial score (nSPS) is 12.3. The second-order valence-electron chi connectivity index (χ2n) is 7.20. The van der Waals surface area contributed by atoms with Crippen LogP contribution in [0, 0.1) is 5.92 Å². The first-order valence-corrected chi connectivity index (χ1v) is 9.42. The molecule has 0 saturated heterocycles. The molecule has 21 heavy (non-hydrogen) atoms. The Morgan fingerprint density at radius 3 is 1.57 bits per heavy atom. The molecular weight excluding hydrogens is 260 g/mol. The van der Waals surface area contributed by atoms with E-state index in [9.17, 15) is 10.2 Å². The van der Waals surface area contributed by atoms with Crippen LogP contribution < -0.4 is 0 Å². The molecule has 0 rings (SSSR count). The summed E-state index contributed by atoms with van der Waals surface area (Å²) in [4.78, 5) is 0. The van der Waals surface area contributed by atoms with Gasteiger partial charge in [-0.05, 0) is 18.8 Å². The minimum Gasteiger partial charge on any atom is -0.366 e. The molecule has 0 fully saturated rings. The maximum absolute atomic E-state index is 9.84. The summed E-state index contributed by atoms with van der Waals surface area (Å²) in [6.45, 7) is 6.73. The van der Waals surface area contributed by atoms with E-state index in [1.54, 1.807) is 0 Å². The van der Waals surface area contributed by atoms with Crippen LogP contribution in [-0.4, -0.2) is 16.0 Å². The van der Waals surface area contributed by atoms with E-state index in [1.165, 1.54) is 44.9 Å². The van der Waals surface area contributed by atoms with Crippen LogP contribution in [0.15, 0.2) is 0 Å². The summed E-state index contributed by atoms with van der Waals surface area (Å²) >= 11 is 0. The van der Waals surface area contributed by atoms with Crippen molar-refractivity contribution in [1.29, 1.82) is 0 Å². The van der Waals surface area contributed by atoms with E-state index < -0.39 is 5.79 Å². The Kier molecular flexibility index (Phi) is 13.5. The summed E-state index contributed by atoms with van der Waals surface area (Å²) in [5.74, 6) is -0.564. The topological polar surface area (TPSA) is 40.5 Å². The molecule has 0 radical (unpaired) electrons. The molecule has 2 heteroatoms. The lowest BCUT2D eigenvalue weighted by Gasteiger charge is -2.21. The van der Waals surface area contributed by atoms with E-state index in [0.717, 1.165) is 38.0 Å². The molecule has 0 aromatic carbocycles. The molecule has 128 valence electrons. The van der Waals surface area contributed by atoms with Crippen molar-refractivity contribution in [3.63, 3.8) is 0 Å². The summed E-state index contributed by atoms with van der Waals surface area (Å²) in [5.41, 5.74) is 0. The number of hydrogen-bond donors (Lipinski definition) is 2. The molecule has 0 aromatic heterocycles. The third kappa shape index (κ3) is 16.1. The van der Waals surface area contributed by atoms with Crippen LogP contribution in [0.1, 0.15) is 111 Å². The number of hydrogen-bond acceptors (Lipinski definition) is 2. The standard InChI is InChI=1S/C19H40O2/c1-4-5-13-16-19(20,21)17-14-11-9-7-6-8-10-12-15-18(2)3/h18,20-21H,4-17H2,1-3H3. The van der Waals surface area contributed by atoms with Crippen molar-refractivity contribution < 1.29 is 10.2 Å². The van der Waals surface area contributed by atoms with Gasteiger partial charge in [-0.25, -0.2) is 0 Å². The average molecular weight is 301 g/mol. The molecule has 0 aromatic rings. The van der Waals surface area contributed by atoms with Crippen LogP contribution in [-0.2, 0) is 0 Å². The molecule has 0 heterocycles. The molecule has 0 saturated carbocycles. The molecule has 0 bridgehead atoms. The van der Waals surface area contributed by atoms with Crippen molar-refractivity contribution in [2.24, 2.45) is 5.92 Å². The maximum Gasteiger partial charge on any atom is 0.162 e. The molecule has 0 spiro atoms. The second-order valence-corrected chi connectivity index (χ2v) is 7.20. The predicted octanol–water partition coefficient (Wildman–Crippen LogP) is 5.80. The first kappa shape index (κ1) is 20.9. The van der Waals surface area contributed by atoms with E-state index in [1.807, 2.05) is 0 Å². The van der Waals surface area contributed by atoms with Crippen molar-refractivity contribution in [3.8, 4) is 0 Å². The van der Waals surface area contributed by atoms with Crippen LogP contribution in [0.5, 0.6) is 0 Å². The van der Waals surface area contributed by atoms with Gasteiger partial charge in [0.05, 0.1) is 0 Å². The highest BCUT2D eigenvalue weighted by Crippen LogP contribution is 2.20. The Bertz CT molecular complexity index is 212. The zero-order chi connectivity index (χ0) is 16.0. The summed E-state index contributed by atoms with van der Waals surface area (Å²) in [6.07, 6.45) is 15.7. The van der Waals surface area contributed by atoms with Gasteiger partial charge in [0.2, 0.25) is 0 Å². The van der Waals surface area contributed by atoms with Crippen molar-refractivity contribution in [2.45, 2.75) is 116 Å². The Labute approximate surface area is 133 Å². The van der Waals surface area contributed by atoms with E-state index in [2.05, 4.69) is 20.8 Å². The smallest absolute Gasteiger partial charge is 0.162 e. The lowest BCUT2D eigenvalue weighted by atomic mass is 9.99. The van der Waals surface area contributed by atoms with Crippen molar-refractivity contribution in [2.75, 3.05) is 0 Å². The fraction of sp³-hybridized carbons (Fsp3) is 1.00. The average Bonchev–Trinajstić information content (AvgIpc) is 2.40. The lowest BCUT2D eigenvalue weighted by Crippen LogP contribution is -2.27. The van der Waals surface area contributed by atoms with Gasteiger partial charge in [-0.1, -0.05) is 85.0 Å². The summed E-state index contributed by atoms with van der Waals surface area (Å²) < 4.78 is 0. The molecule has 0 aliphatic rings. The number of rotatable bonds is 15. The molecule has 2 nitrogen and oxygen atoms in total. The van der Waals surface area contributed by atoms with E-state index in [0.29, 0.717) is 12.8 Å². The molecular formula is C19H40O2. The van der Waals surface area contributed by atoms with Crippen LogP contribution in [0.2, 0.25) is 0 Å². The molecule has 0 aliphatic heterocycles. The minimum absolute atomic E-state index is 0.538. The first-order valence-electron chi connectivity index (χ1n) is 9.42. The third-order valence-electron chi connectivity index (χ3n) is 4.29. The summed E-state index contributed by atoms with van der Waals surface area (Å²) in [6, 6.07) is 0. The van der Waals surface area contributed by atoms with E-state index >= 15 is 0 Å². The monoisotopic (exact) mass is 300 g/mol. The highest BCUT2D eigenvalue weighted by atomic mass is 16.5. The summed E-state index contributed by atoms with van der Waals surface area (Å²) in [5, 5.41) is 19.7. The highest BCUT2D eigenvalue weighted by molar-refractivity contribution is 4.64. The fourth-order valence-electron chi connectivity index (χ4n) is 2.80. The van der Waals surface area contributed by atoms with Gasteiger partial charge in [0.1, 0.15) is 0 Å². The fourth-order valence-corrected chi connectivity index (χ4v) is 2.80. The van der Waals surface area contributed by atoms with Crippen LogP contribution in [0.3, 0.4) is 0 Å². The zero-order valence-corrected chi connectivity index (χ0v) is 14.9. The minimum atomic E-state index is -1.41. The Morgan fingerprint density at radius 2 is 1.10 bits per heavy atom. The lowest BCUT2D eigenvalue weighted by molar-refractivity contribution is -0.172. The van der Waals surface area contributed by atoms with Crippen molar-refractivity contribution >= 4 is 0 Å². The van der Waals surface area contributed by atoms with Crippen LogP contribution >= 0.6 is 0 Å². The largest absolute Gasteiger partial charge is 0.366 e.